The molecule has 6 heteroatoms. The third kappa shape index (κ3) is 4.11. The third-order valence-electron chi connectivity index (χ3n) is 6.43. The summed E-state index contributed by atoms with van der Waals surface area (Å²) in [7, 11) is 2.03. The highest BCUT2D eigenvalue weighted by Crippen LogP contribution is 2.31. The summed E-state index contributed by atoms with van der Waals surface area (Å²) in [4.78, 5) is 9.77. The topological polar surface area (TPSA) is 58.9 Å². The van der Waals surface area contributed by atoms with Crippen LogP contribution in [0.5, 0.6) is 0 Å². The zero-order chi connectivity index (χ0) is 24.5. The molecule has 0 spiro atoms. The van der Waals surface area contributed by atoms with Crippen molar-refractivity contribution < 1.29 is 0 Å². The minimum absolute atomic E-state index is 0.620. The summed E-state index contributed by atoms with van der Waals surface area (Å²) in [5.41, 5.74) is 8.60. The highest BCUT2D eigenvalue weighted by molar-refractivity contribution is 6.30. The second kappa shape index (κ2) is 9.40. The number of nitrogens with zero attached hydrogens (tertiary/aromatic N) is 5. The molecule has 0 radical (unpaired) electrons. The number of halogens is 1. The van der Waals surface area contributed by atoms with Crippen LogP contribution in [-0.4, -0.2) is 20.7 Å². The second-order valence-electron chi connectivity index (χ2n) is 8.77. The minimum atomic E-state index is 0.620. The molecule has 0 aliphatic carbocycles. The van der Waals surface area contributed by atoms with E-state index in [0.717, 1.165) is 69.3 Å². The predicted octanol–water partition coefficient (Wildman–Crippen LogP) is 6.72. The molecule has 0 aliphatic rings. The molecule has 0 unspecified atom stereocenters. The smallest absolute Gasteiger partial charge is 0.210 e. The molecule has 0 bridgehead atoms. The number of fused-ring (bicyclic) bond motifs is 3. The van der Waals surface area contributed by atoms with Crippen LogP contribution in [0.25, 0.3) is 38.8 Å². The standard InChI is InChI=1S/C29H26ClN5/c1-4-5-14-32-29-34(3)27-18-33-25-13-10-22(21-8-11-23(30)12-9-21)16-24(25)28(27)35(29)26-15-20(17-31)7-6-19(26)2/h6-13,15-16,18H,4-5,14H2,1-3H3. The maximum atomic E-state index is 9.61. The van der Waals surface area contributed by atoms with Crippen LogP contribution in [0.2, 0.25) is 5.02 Å². The summed E-state index contributed by atoms with van der Waals surface area (Å²) in [6.45, 7) is 4.97. The van der Waals surface area contributed by atoms with Crippen LogP contribution in [0.4, 0.5) is 0 Å². The summed E-state index contributed by atoms with van der Waals surface area (Å²) >= 11 is 6.12. The zero-order valence-electron chi connectivity index (χ0n) is 20.1. The van der Waals surface area contributed by atoms with E-state index in [1.165, 1.54) is 0 Å². The number of nitriles is 1. The van der Waals surface area contributed by atoms with Crippen molar-refractivity contribution in [1.29, 1.82) is 5.26 Å². The molecule has 2 heterocycles. The summed E-state index contributed by atoms with van der Waals surface area (Å²) in [6.07, 6.45) is 4.00. The van der Waals surface area contributed by atoms with Gasteiger partial charge in [-0.3, -0.25) is 14.5 Å². The Bertz CT molecular complexity index is 1670. The molecule has 5 nitrogen and oxygen atoms in total. The number of aryl methyl sites for hydroxylation is 2. The lowest BCUT2D eigenvalue weighted by Crippen LogP contribution is -2.24. The van der Waals surface area contributed by atoms with Crippen LogP contribution >= 0.6 is 11.6 Å². The van der Waals surface area contributed by atoms with E-state index < -0.39 is 0 Å². The second-order valence-corrected chi connectivity index (χ2v) is 9.21. The number of rotatable bonds is 5. The van der Waals surface area contributed by atoms with Crippen molar-refractivity contribution in [2.24, 2.45) is 12.0 Å². The van der Waals surface area contributed by atoms with Gasteiger partial charge in [0.25, 0.3) is 0 Å². The van der Waals surface area contributed by atoms with Crippen molar-refractivity contribution >= 4 is 33.5 Å². The fraction of sp³-hybridized carbons (Fsp3) is 0.207. The Balaban J connectivity index is 1.90. The van der Waals surface area contributed by atoms with E-state index in [1.54, 1.807) is 0 Å². The SMILES string of the molecule is CCCCN=c1n(C)c2cnc3ccc(-c4ccc(Cl)cc4)cc3c2n1-c1cc(C#N)ccc1C. The number of hydrogen-bond acceptors (Lipinski definition) is 3. The van der Waals surface area contributed by atoms with Gasteiger partial charge >= 0.3 is 0 Å². The highest BCUT2D eigenvalue weighted by atomic mass is 35.5. The third-order valence-corrected chi connectivity index (χ3v) is 6.68. The molecule has 0 fully saturated rings. The van der Waals surface area contributed by atoms with Gasteiger partial charge in [-0.15, -0.1) is 0 Å². The fourth-order valence-electron chi connectivity index (χ4n) is 4.49. The summed E-state index contributed by atoms with van der Waals surface area (Å²) in [6, 6.07) is 22.3. The van der Waals surface area contributed by atoms with Crippen molar-refractivity contribution in [3.05, 3.63) is 88.6 Å². The lowest BCUT2D eigenvalue weighted by atomic mass is 10.0. The van der Waals surface area contributed by atoms with Crippen molar-refractivity contribution in [2.45, 2.75) is 26.7 Å². The van der Waals surface area contributed by atoms with Crippen LogP contribution in [0.1, 0.15) is 30.9 Å². The molecule has 174 valence electrons. The van der Waals surface area contributed by atoms with Crippen LogP contribution in [-0.2, 0) is 7.05 Å². The molecule has 35 heavy (non-hydrogen) atoms. The Morgan fingerprint density at radius 3 is 2.54 bits per heavy atom. The molecular weight excluding hydrogens is 454 g/mol. The van der Waals surface area contributed by atoms with Crippen molar-refractivity contribution in [2.75, 3.05) is 6.54 Å². The average molecular weight is 480 g/mol. The van der Waals surface area contributed by atoms with E-state index in [4.69, 9.17) is 21.6 Å². The molecule has 3 aromatic carbocycles. The lowest BCUT2D eigenvalue weighted by Gasteiger charge is -2.12. The quantitative estimate of drug-likeness (QED) is 0.263. The Morgan fingerprint density at radius 1 is 1.03 bits per heavy atom. The molecular formula is C29H26ClN5. The summed E-state index contributed by atoms with van der Waals surface area (Å²) < 4.78 is 4.29. The summed E-state index contributed by atoms with van der Waals surface area (Å²) in [5.74, 6) is 0. The van der Waals surface area contributed by atoms with Crippen LogP contribution < -0.4 is 5.62 Å². The molecule has 0 N–H and O–H groups in total. The highest BCUT2D eigenvalue weighted by Gasteiger charge is 2.17. The van der Waals surface area contributed by atoms with Crippen molar-refractivity contribution in [1.82, 2.24) is 14.1 Å². The van der Waals surface area contributed by atoms with Gasteiger partial charge in [-0.25, -0.2) is 0 Å². The normalized spacial score (nSPS) is 11.9. The number of pyridine rings is 1. The van der Waals surface area contributed by atoms with E-state index in [1.807, 2.05) is 55.7 Å². The first-order valence-electron chi connectivity index (χ1n) is 11.8. The molecule has 5 rings (SSSR count). The number of unbranched alkanes of at least 4 members (excludes halogenated alkanes) is 1. The van der Waals surface area contributed by atoms with Gasteiger partial charge < -0.3 is 4.57 Å². The maximum Gasteiger partial charge on any atom is 0.210 e. The number of benzene rings is 3. The Hall–Kier alpha value is -3.88. The number of hydrogen-bond donors (Lipinski definition) is 0. The molecule has 0 amide bonds. The van der Waals surface area contributed by atoms with Gasteiger partial charge in [0.05, 0.1) is 40.1 Å². The summed E-state index contributed by atoms with van der Waals surface area (Å²) in [5, 5.41) is 11.4. The van der Waals surface area contributed by atoms with Gasteiger partial charge in [0.2, 0.25) is 5.62 Å². The molecule has 0 aliphatic heterocycles. The fourth-order valence-corrected chi connectivity index (χ4v) is 4.62. The molecule has 0 atom stereocenters. The Labute approximate surface area is 209 Å². The first-order valence-corrected chi connectivity index (χ1v) is 12.2. The van der Waals surface area contributed by atoms with Crippen LogP contribution in [0, 0.1) is 18.3 Å². The number of aromatic nitrogens is 3. The van der Waals surface area contributed by atoms with Crippen molar-refractivity contribution in [3.8, 4) is 22.9 Å². The van der Waals surface area contributed by atoms with Gasteiger partial charge in [-0.05, 0) is 66.4 Å². The predicted molar refractivity (Wildman–Crippen MR) is 143 cm³/mol. The minimum Gasteiger partial charge on any atom is -0.312 e. The molecule has 5 aromatic rings. The van der Waals surface area contributed by atoms with Gasteiger partial charge in [0, 0.05) is 24.0 Å². The monoisotopic (exact) mass is 479 g/mol. The van der Waals surface area contributed by atoms with E-state index >= 15 is 0 Å². The first kappa shape index (κ1) is 22.9. The van der Waals surface area contributed by atoms with Gasteiger partial charge in [-0.2, -0.15) is 5.26 Å². The van der Waals surface area contributed by atoms with Crippen LogP contribution in [0.3, 0.4) is 0 Å². The van der Waals surface area contributed by atoms with E-state index in [0.29, 0.717) is 10.6 Å². The van der Waals surface area contributed by atoms with E-state index in [9.17, 15) is 5.26 Å². The molecule has 0 saturated carbocycles. The first-order chi connectivity index (χ1) is 17.0. The van der Waals surface area contributed by atoms with Crippen LogP contribution in [0.15, 0.2) is 71.9 Å². The Morgan fingerprint density at radius 2 is 1.80 bits per heavy atom. The van der Waals surface area contributed by atoms with Crippen molar-refractivity contribution in [3.63, 3.8) is 0 Å². The van der Waals surface area contributed by atoms with E-state index in [-0.39, 0.29) is 0 Å². The number of imidazole rings is 1. The van der Waals surface area contributed by atoms with E-state index in [2.05, 4.69) is 47.2 Å². The average Bonchev–Trinajstić information content (AvgIpc) is 3.16. The maximum absolute atomic E-state index is 9.61. The Kier molecular flexibility index (Phi) is 6.15. The zero-order valence-corrected chi connectivity index (χ0v) is 20.8. The van der Waals surface area contributed by atoms with Gasteiger partial charge in [0.15, 0.2) is 0 Å². The largest absolute Gasteiger partial charge is 0.312 e. The molecule has 2 aromatic heterocycles. The van der Waals surface area contributed by atoms with Gasteiger partial charge in [-0.1, -0.05) is 49.2 Å². The lowest BCUT2D eigenvalue weighted by molar-refractivity contribution is 0.730. The molecule has 0 saturated heterocycles. The van der Waals surface area contributed by atoms with Gasteiger partial charge in [0.1, 0.15) is 0 Å².